The van der Waals surface area contributed by atoms with E-state index in [2.05, 4.69) is 14.9 Å². The summed E-state index contributed by atoms with van der Waals surface area (Å²) in [6.45, 7) is 6.90. The van der Waals surface area contributed by atoms with E-state index in [0.29, 0.717) is 58.9 Å². The van der Waals surface area contributed by atoms with Crippen molar-refractivity contribution >= 4 is 44.7 Å². The highest BCUT2D eigenvalue weighted by atomic mass is 32.1. The molecule has 9 nitrogen and oxygen atoms in total. The van der Waals surface area contributed by atoms with Crippen LogP contribution in [0, 0.1) is 6.92 Å². The molecular formula is C22H24N6O3S2. The molecule has 0 atom stereocenters. The molecule has 0 spiro atoms. The Morgan fingerprint density at radius 2 is 1.85 bits per heavy atom. The molecule has 172 valence electrons. The first-order valence-corrected chi connectivity index (χ1v) is 13.0. The van der Waals surface area contributed by atoms with Gasteiger partial charge >= 0.3 is 0 Å². The molecule has 0 N–H and O–H groups in total. The van der Waals surface area contributed by atoms with Crippen molar-refractivity contribution in [1.82, 2.24) is 29.2 Å². The summed E-state index contributed by atoms with van der Waals surface area (Å²) in [5.74, 6) is 0.837. The van der Waals surface area contributed by atoms with Gasteiger partial charge in [-0.2, -0.15) is 0 Å². The number of aryl methyl sites for hydroxylation is 2. The molecule has 3 aromatic heterocycles. The number of rotatable bonds is 3. The molecule has 2 fully saturated rings. The summed E-state index contributed by atoms with van der Waals surface area (Å²) in [4.78, 5) is 54.8. The largest absolute Gasteiger partial charge is 0.335 e. The highest BCUT2D eigenvalue weighted by molar-refractivity contribution is 7.20. The number of thiazole rings is 1. The van der Waals surface area contributed by atoms with Gasteiger partial charge in [0.25, 0.3) is 17.4 Å². The molecule has 3 aromatic rings. The number of hydrogen-bond donors (Lipinski definition) is 0. The Hall–Kier alpha value is -2.63. The summed E-state index contributed by atoms with van der Waals surface area (Å²) in [6, 6.07) is 0.313. The Morgan fingerprint density at radius 1 is 1.06 bits per heavy atom. The molecule has 0 unspecified atom stereocenters. The van der Waals surface area contributed by atoms with Crippen LogP contribution >= 0.6 is 22.7 Å². The van der Waals surface area contributed by atoms with Crippen LogP contribution in [0.5, 0.6) is 0 Å². The second-order valence-electron chi connectivity index (χ2n) is 8.85. The second kappa shape index (κ2) is 8.00. The fraction of sp³-hybridized carbons (Fsp3) is 0.500. The van der Waals surface area contributed by atoms with Crippen molar-refractivity contribution in [2.45, 2.75) is 32.4 Å². The van der Waals surface area contributed by atoms with Gasteiger partial charge in [-0.15, -0.1) is 22.7 Å². The van der Waals surface area contributed by atoms with E-state index in [0.717, 1.165) is 37.3 Å². The minimum Gasteiger partial charge on any atom is -0.335 e. The third kappa shape index (κ3) is 3.41. The number of nitrogens with zero attached hydrogens (tertiary/aromatic N) is 6. The minimum absolute atomic E-state index is 0.00536. The van der Waals surface area contributed by atoms with Crippen LogP contribution in [0.2, 0.25) is 0 Å². The van der Waals surface area contributed by atoms with Gasteiger partial charge in [0.1, 0.15) is 10.7 Å². The SMILES string of the molecule is Cc1c(C(=O)N2CC(N3CCN(C(=O)c4nccs4)CC3)C2)sc2nc3n(c(=O)c12)CCC3. The Kier molecular flexibility index (Phi) is 5.07. The first-order chi connectivity index (χ1) is 16.0. The van der Waals surface area contributed by atoms with Crippen LogP contribution in [-0.4, -0.2) is 86.4 Å². The Morgan fingerprint density at radius 3 is 2.58 bits per heavy atom. The van der Waals surface area contributed by atoms with E-state index >= 15 is 0 Å². The fourth-order valence-electron chi connectivity index (χ4n) is 5.03. The van der Waals surface area contributed by atoms with Crippen LogP contribution in [0.25, 0.3) is 10.2 Å². The maximum Gasteiger partial charge on any atom is 0.282 e. The third-order valence-electron chi connectivity index (χ3n) is 6.99. The summed E-state index contributed by atoms with van der Waals surface area (Å²) in [5, 5.41) is 2.97. The number of carbonyl (C=O) groups excluding carboxylic acids is 2. The molecule has 0 aromatic carbocycles. The molecule has 11 heteroatoms. The fourth-order valence-corrected chi connectivity index (χ4v) is 6.79. The third-order valence-corrected chi connectivity index (χ3v) is 8.92. The molecule has 6 heterocycles. The lowest BCUT2D eigenvalue weighted by molar-refractivity contribution is 0.00876. The number of aromatic nitrogens is 3. The van der Waals surface area contributed by atoms with Crippen LogP contribution < -0.4 is 5.56 Å². The average Bonchev–Trinajstić information content (AvgIpc) is 3.53. The van der Waals surface area contributed by atoms with E-state index in [-0.39, 0.29) is 17.4 Å². The van der Waals surface area contributed by atoms with Gasteiger partial charge in [-0.05, 0) is 18.9 Å². The predicted molar refractivity (Wildman–Crippen MR) is 126 cm³/mol. The van der Waals surface area contributed by atoms with Crippen molar-refractivity contribution in [1.29, 1.82) is 0 Å². The van der Waals surface area contributed by atoms with Gasteiger partial charge < -0.3 is 9.80 Å². The van der Waals surface area contributed by atoms with Gasteiger partial charge in [-0.1, -0.05) is 0 Å². The quantitative estimate of drug-likeness (QED) is 0.559. The summed E-state index contributed by atoms with van der Waals surface area (Å²) in [7, 11) is 0. The number of amides is 2. The summed E-state index contributed by atoms with van der Waals surface area (Å²) < 4.78 is 1.76. The molecule has 0 bridgehead atoms. The monoisotopic (exact) mass is 484 g/mol. The standard InChI is InChI=1S/C22H24N6O3S2/c1-13-16-18(24-15-3-2-5-28(15)20(16)29)33-17(13)21(30)27-11-14(12-27)25-6-8-26(9-7-25)22(31)19-23-4-10-32-19/h4,10,14H,2-3,5-9,11-12H2,1H3. The zero-order chi connectivity index (χ0) is 22.7. The highest BCUT2D eigenvalue weighted by Crippen LogP contribution is 2.31. The van der Waals surface area contributed by atoms with Crippen molar-refractivity contribution in [3.8, 4) is 0 Å². The number of likely N-dealkylation sites (tertiary alicyclic amines) is 1. The van der Waals surface area contributed by atoms with E-state index in [1.807, 2.05) is 22.1 Å². The van der Waals surface area contributed by atoms with Gasteiger partial charge in [0.05, 0.1) is 10.3 Å². The van der Waals surface area contributed by atoms with E-state index in [9.17, 15) is 14.4 Å². The Labute approximate surface area is 198 Å². The highest BCUT2D eigenvalue weighted by Gasteiger charge is 2.38. The lowest BCUT2D eigenvalue weighted by Crippen LogP contribution is -2.64. The first-order valence-electron chi connectivity index (χ1n) is 11.3. The maximum atomic E-state index is 13.2. The van der Waals surface area contributed by atoms with Crippen LogP contribution in [0.4, 0.5) is 0 Å². The van der Waals surface area contributed by atoms with Crippen molar-refractivity contribution in [2.24, 2.45) is 0 Å². The van der Waals surface area contributed by atoms with E-state index < -0.39 is 0 Å². The van der Waals surface area contributed by atoms with Crippen LogP contribution in [-0.2, 0) is 13.0 Å². The first kappa shape index (κ1) is 20.9. The number of piperazine rings is 1. The molecule has 0 aliphatic carbocycles. The van der Waals surface area contributed by atoms with Gasteiger partial charge in [0, 0.05) is 69.9 Å². The van der Waals surface area contributed by atoms with Gasteiger partial charge in [0.2, 0.25) is 0 Å². The maximum absolute atomic E-state index is 13.2. The predicted octanol–water partition coefficient (Wildman–Crippen LogP) is 1.45. The van der Waals surface area contributed by atoms with E-state index in [1.165, 1.54) is 22.7 Å². The average molecular weight is 485 g/mol. The van der Waals surface area contributed by atoms with Gasteiger partial charge in [-0.3, -0.25) is 23.9 Å². The van der Waals surface area contributed by atoms with Crippen molar-refractivity contribution in [3.05, 3.63) is 43.2 Å². The van der Waals surface area contributed by atoms with Gasteiger partial charge in [-0.25, -0.2) is 9.97 Å². The summed E-state index contributed by atoms with van der Waals surface area (Å²) in [6.07, 6.45) is 3.43. The Bertz CT molecular complexity index is 1300. The lowest BCUT2D eigenvalue weighted by atomic mass is 10.0. The lowest BCUT2D eigenvalue weighted by Gasteiger charge is -2.48. The van der Waals surface area contributed by atoms with E-state index in [1.54, 1.807) is 10.8 Å². The van der Waals surface area contributed by atoms with Crippen LogP contribution in [0.15, 0.2) is 16.4 Å². The molecule has 3 aliphatic heterocycles. The second-order valence-corrected chi connectivity index (χ2v) is 10.7. The molecule has 2 amide bonds. The summed E-state index contributed by atoms with van der Waals surface area (Å²) in [5.41, 5.74) is 0.754. The zero-order valence-corrected chi connectivity index (χ0v) is 20.0. The Balaban J connectivity index is 1.10. The molecule has 33 heavy (non-hydrogen) atoms. The number of carbonyl (C=O) groups is 2. The van der Waals surface area contributed by atoms with E-state index in [4.69, 9.17) is 0 Å². The zero-order valence-electron chi connectivity index (χ0n) is 18.3. The van der Waals surface area contributed by atoms with Crippen molar-refractivity contribution < 1.29 is 9.59 Å². The molecule has 2 saturated heterocycles. The summed E-state index contributed by atoms with van der Waals surface area (Å²) >= 11 is 2.72. The van der Waals surface area contributed by atoms with Crippen molar-refractivity contribution in [2.75, 3.05) is 39.3 Å². The van der Waals surface area contributed by atoms with Crippen LogP contribution in [0.3, 0.4) is 0 Å². The van der Waals surface area contributed by atoms with Crippen molar-refractivity contribution in [3.63, 3.8) is 0 Å². The normalized spacial score (nSPS) is 19.2. The topological polar surface area (TPSA) is 91.6 Å². The molecule has 6 rings (SSSR count). The molecule has 0 radical (unpaired) electrons. The molecule has 3 aliphatic rings. The molecule has 0 saturated carbocycles. The van der Waals surface area contributed by atoms with Crippen LogP contribution in [0.1, 0.15) is 37.3 Å². The number of fused-ring (bicyclic) bond motifs is 2. The van der Waals surface area contributed by atoms with Gasteiger partial charge in [0.15, 0.2) is 5.01 Å². The minimum atomic E-state index is -0.00745. The number of thiophene rings is 1. The smallest absolute Gasteiger partial charge is 0.282 e. The molecular weight excluding hydrogens is 460 g/mol. The number of hydrogen-bond acceptors (Lipinski definition) is 8.